The zero-order valence-corrected chi connectivity index (χ0v) is 10.8. The van der Waals surface area contributed by atoms with E-state index in [1.807, 2.05) is 0 Å². The fourth-order valence-electron chi connectivity index (χ4n) is 2.16. The van der Waals surface area contributed by atoms with Crippen LogP contribution in [0, 0.1) is 5.92 Å². The van der Waals surface area contributed by atoms with E-state index in [0.29, 0.717) is 17.9 Å². The largest absolute Gasteiger partial charge is 0.467 e. The molecule has 0 aromatic carbocycles. The second-order valence-corrected chi connectivity index (χ2v) is 4.71. The molecule has 1 aromatic rings. The normalized spacial score (nSPS) is 23.5. The van der Waals surface area contributed by atoms with Gasteiger partial charge in [-0.3, -0.25) is 5.43 Å². The van der Waals surface area contributed by atoms with Crippen molar-refractivity contribution in [1.82, 2.24) is 15.0 Å². The zero-order valence-electron chi connectivity index (χ0n) is 10.8. The Bertz CT molecular complexity index is 369. The molecule has 0 aliphatic heterocycles. The lowest BCUT2D eigenvalue weighted by molar-refractivity contribution is 0.358. The highest BCUT2D eigenvalue weighted by atomic mass is 16.5. The van der Waals surface area contributed by atoms with E-state index >= 15 is 0 Å². The van der Waals surface area contributed by atoms with Gasteiger partial charge in [-0.15, -0.1) is 0 Å². The van der Waals surface area contributed by atoms with E-state index < -0.39 is 0 Å². The summed E-state index contributed by atoms with van der Waals surface area (Å²) in [5.74, 6) is 6.93. The quantitative estimate of drug-likeness (QED) is 0.546. The lowest BCUT2D eigenvalue weighted by Crippen LogP contribution is -2.26. The summed E-state index contributed by atoms with van der Waals surface area (Å²) in [4.78, 5) is 12.3. The van der Waals surface area contributed by atoms with Crippen molar-refractivity contribution in [3.63, 3.8) is 0 Å². The maximum Gasteiger partial charge on any atom is 0.322 e. The minimum Gasteiger partial charge on any atom is -0.467 e. The molecule has 1 aliphatic carbocycles. The van der Waals surface area contributed by atoms with Gasteiger partial charge in [0.25, 0.3) is 0 Å². The number of nitrogens with zero attached hydrogens (tertiary/aromatic N) is 3. The molecule has 0 spiro atoms. The Morgan fingerprint density at radius 3 is 2.39 bits per heavy atom. The average Bonchev–Trinajstić information content (AvgIpc) is 2.41. The highest BCUT2D eigenvalue weighted by Crippen LogP contribution is 2.25. The number of nitrogens with two attached hydrogens (primary N) is 1. The van der Waals surface area contributed by atoms with Gasteiger partial charge in [-0.1, -0.05) is 6.92 Å². The van der Waals surface area contributed by atoms with Crippen LogP contribution in [0.1, 0.15) is 32.6 Å². The van der Waals surface area contributed by atoms with Gasteiger partial charge in [-0.25, -0.2) is 5.84 Å². The van der Waals surface area contributed by atoms with Crippen LogP contribution >= 0.6 is 0 Å². The predicted octanol–water partition coefficient (Wildman–Crippen LogP) is 1.16. The second-order valence-electron chi connectivity index (χ2n) is 4.71. The Balaban J connectivity index is 2.03. The molecule has 0 atom stereocenters. The second kappa shape index (κ2) is 5.81. The van der Waals surface area contributed by atoms with Gasteiger partial charge >= 0.3 is 6.01 Å². The van der Waals surface area contributed by atoms with Crippen LogP contribution in [0.2, 0.25) is 0 Å². The van der Waals surface area contributed by atoms with E-state index in [4.69, 9.17) is 10.6 Å². The Morgan fingerprint density at radius 1 is 1.11 bits per heavy atom. The molecule has 0 bridgehead atoms. The number of aromatic nitrogens is 3. The first-order valence-electron chi connectivity index (χ1n) is 6.24. The number of anilines is 2. The third kappa shape index (κ3) is 3.19. The van der Waals surface area contributed by atoms with Crippen LogP contribution in [0.5, 0.6) is 6.01 Å². The van der Waals surface area contributed by atoms with Crippen molar-refractivity contribution in [2.45, 2.75) is 38.6 Å². The fraction of sp³-hybridized carbons (Fsp3) is 0.727. The maximum atomic E-state index is 5.31. The number of hydrogen-bond acceptors (Lipinski definition) is 7. The third-order valence-electron chi connectivity index (χ3n) is 3.28. The monoisotopic (exact) mass is 252 g/mol. The van der Waals surface area contributed by atoms with Gasteiger partial charge in [0.05, 0.1) is 7.11 Å². The van der Waals surface area contributed by atoms with Crippen molar-refractivity contribution in [2.24, 2.45) is 11.8 Å². The summed E-state index contributed by atoms with van der Waals surface area (Å²) in [7, 11) is 1.52. The molecule has 0 amide bonds. The molecule has 100 valence electrons. The predicted molar refractivity (Wildman–Crippen MR) is 69.2 cm³/mol. The molecule has 4 N–H and O–H groups in total. The molecule has 1 fully saturated rings. The maximum absolute atomic E-state index is 5.31. The number of methoxy groups -OCH3 is 1. The van der Waals surface area contributed by atoms with E-state index in [0.717, 1.165) is 18.8 Å². The molecule has 1 aromatic heterocycles. The van der Waals surface area contributed by atoms with Crippen LogP contribution in [0.25, 0.3) is 0 Å². The molecule has 7 heteroatoms. The molecule has 2 rings (SSSR count). The van der Waals surface area contributed by atoms with Gasteiger partial charge in [0, 0.05) is 6.04 Å². The molecule has 1 aliphatic rings. The van der Waals surface area contributed by atoms with Crippen molar-refractivity contribution < 1.29 is 4.74 Å². The van der Waals surface area contributed by atoms with E-state index in [2.05, 4.69) is 32.6 Å². The topological polar surface area (TPSA) is 98.0 Å². The summed E-state index contributed by atoms with van der Waals surface area (Å²) >= 11 is 0. The number of nitrogens with one attached hydrogen (secondary N) is 2. The first-order valence-corrected chi connectivity index (χ1v) is 6.24. The number of rotatable bonds is 4. The van der Waals surface area contributed by atoms with Crippen molar-refractivity contribution in [1.29, 1.82) is 0 Å². The summed E-state index contributed by atoms with van der Waals surface area (Å²) in [5.41, 5.74) is 2.40. The summed E-state index contributed by atoms with van der Waals surface area (Å²) < 4.78 is 5.01. The van der Waals surface area contributed by atoms with Crippen molar-refractivity contribution in [2.75, 3.05) is 17.9 Å². The SMILES string of the molecule is COc1nc(NN)nc(NC2CCC(C)CC2)n1. The van der Waals surface area contributed by atoms with E-state index in [9.17, 15) is 0 Å². The lowest BCUT2D eigenvalue weighted by atomic mass is 9.87. The highest BCUT2D eigenvalue weighted by Gasteiger charge is 2.19. The summed E-state index contributed by atoms with van der Waals surface area (Å²) in [6, 6.07) is 0.670. The highest BCUT2D eigenvalue weighted by molar-refractivity contribution is 5.35. The molecule has 7 nitrogen and oxygen atoms in total. The van der Waals surface area contributed by atoms with Crippen LogP contribution in [0.15, 0.2) is 0 Å². The standard InChI is InChI=1S/C11H20N6O/c1-7-3-5-8(6-4-7)13-9-14-10(17-12)16-11(15-9)18-2/h7-8H,3-6,12H2,1-2H3,(H2,13,14,15,16,17). The Kier molecular flexibility index (Phi) is 4.14. The zero-order chi connectivity index (χ0) is 13.0. The molecule has 0 unspecified atom stereocenters. The summed E-state index contributed by atoms with van der Waals surface area (Å²) in [6.07, 6.45) is 4.75. The molecule has 0 saturated heterocycles. The van der Waals surface area contributed by atoms with Crippen LogP contribution < -0.4 is 21.3 Å². The van der Waals surface area contributed by atoms with E-state index in [1.165, 1.54) is 20.0 Å². The van der Waals surface area contributed by atoms with Gasteiger partial charge in [0.15, 0.2) is 0 Å². The minimum absolute atomic E-state index is 0.254. The van der Waals surface area contributed by atoms with Crippen molar-refractivity contribution in [3.8, 4) is 6.01 Å². The summed E-state index contributed by atoms with van der Waals surface area (Å²) in [6.45, 7) is 2.29. The van der Waals surface area contributed by atoms with E-state index in [-0.39, 0.29) is 6.01 Å². The van der Waals surface area contributed by atoms with Crippen LogP contribution in [-0.2, 0) is 0 Å². The van der Waals surface area contributed by atoms with Gasteiger partial charge in [-0.2, -0.15) is 15.0 Å². The first kappa shape index (κ1) is 12.8. The van der Waals surface area contributed by atoms with Crippen LogP contribution in [0.3, 0.4) is 0 Å². The Labute approximate surface area is 107 Å². The van der Waals surface area contributed by atoms with Gasteiger partial charge in [0.1, 0.15) is 0 Å². The Hall–Kier alpha value is -1.63. The smallest absolute Gasteiger partial charge is 0.322 e. The van der Waals surface area contributed by atoms with Crippen molar-refractivity contribution in [3.05, 3.63) is 0 Å². The number of ether oxygens (including phenoxy) is 1. The molecule has 18 heavy (non-hydrogen) atoms. The molecular formula is C11H20N6O. The molecule has 1 saturated carbocycles. The van der Waals surface area contributed by atoms with Crippen LogP contribution in [0.4, 0.5) is 11.9 Å². The van der Waals surface area contributed by atoms with Gasteiger partial charge in [-0.05, 0) is 31.6 Å². The molecule has 0 radical (unpaired) electrons. The molecule has 1 heterocycles. The number of nitrogen functional groups attached to an aromatic ring is 1. The van der Waals surface area contributed by atoms with Gasteiger partial charge in [0.2, 0.25) is 11.9 Å². The average molecular weight is 252 g/mol. The lowest BCUT2D eigenvalue weighted by Gasteiger charge is -2.26. The Morgan fingerprint density at radius 2 is 1.78 bits per heavy atom. The first-order chi connectivity index (χ1) is 8.71. The number of hydrogen-bond donors (Lipinski definition) is 3. The van der Waals surface area contributed by atoms with Crippen molar-refractivity contribution >= 4 is 11.9 Å². The number of hydrazine groups is 1. The molecular weight excluding hydrogens is 232 g/mol. The van der Waals surface area contributed by atoms with E-state index in [1.54, 1.807) is 0 Å². The third-order valence-corrected chi connectivity index (χ3v) is 3.28. The minimum atomic E-state index is 0.254. The summed E-state index contributed by atoms with van der Waals surface area (Å²) in [5, 5.41) is 3.31. The van der Waals surface area contributed by atoms with Crippen LogP contribution in [-0.4, -0.2) is 28.1 Å². The van der Waals surface area contributed by atoms with Gasteiger partial charge < -0.3 is 10.1 Å². The fourth-order valence-corrected chi connectivity index (χ4v) is 2.16.